The van der Waals surface area contributed by atoms with E-state index in [0.717, 1.165) is 60.1 Å². The highest BCUT2D eigenvalue weighted by Crippen LogP contribution is 2.40. The second-order valence-electron chi connectivity index (χ2n) is 22.7. The zero-order valence-corrected chi connectivity index (χ0v) is 49.7. The summed E-state index contributed by atoms with van der Waals surface area (Å²) in [5.74, 6) is 0.824. The molecule has 0 aromatic heterocycles. The number of carbonyl (C=O) groups is 2. The summed E-state index contributed by atoms with van der Waals surface area (Å²) in [6.07, 6.45) is 54.5. The highest BCUT2D eigenvalue weighted by molar-refractivity contribution is 6.18. The van der Waals surface area contributed by atoms with Crippen LogP contribution in [0.3, 0.4) is 0 Å². The molecule has 0 bridgehead atoms. The third-order valence-electron chi connectivity index (χ3n) is 15.8. The smallest absolute Gasteiger partial charge is 0.270 e. The first-order valence-corrected chi connectivity index (χ1v) is 32.6. The molecule has 7 nitrogen and oxygen atoms in total. The number of hydrogen-bond acceptors (Lipinski definition) is 5. The first-order chi connectivity index (χ1) is 38.1. The van der Waals surface area contributed by atoms with Crippen molar-refractivity contribution in [2.45, 2.75) is 290 Å². The van der Waals surface area contributed by atoms with Crippen LogP contribution in [0.25, 0.3) is 21.5 Å². The summed E-state index contributed by atoms with van der Waals surface area (Å²) in [5, 5.41) is 3.59. The van der Waals surface area contributed by atoms with Crippen molar-refractivity contribution in [1.82, 2.24) is 10.9 Å². The molecule has 0 atom stereocenters. The lowest BCUT2D eigenvalue weighted by atomic mass is 9.96. The largest absolute Gasteiger partial charge is 0.490 e. The van der Waals surface area contributed by atoms with Gasteiger partial charge in [0.15, 0.2) is 11.5 Å². The summed E-state index contributed by atoms with van der Waals surface area (Å²) in [7, 11) is 0. The topological polar surface area (TPSA) is 85.9 Å². The molecular formula is C70H112N2O5. The average Bonchev–Trinajstić information content (AvgIpc) is 3.46. The van der Waals surface area contributed by atoms with Crippen LogP contribution in [0, 0.1) is 0 Å². The molecule has 0 aliphatic heterocycles. The molecule has 0 saturated carbocycles. The molecule has 0 saturated heterocycles. The third kappa shape index (κ3) is 29.0. The van der Waals surface area contributed by atoms with Crippen molar-refractivity contribution in [3.63, 3.8) is 0 Å². The van der Waals surface area contributed by atoms with E-state index in [-0.39, 0.29) is 5.91 Å². The molecule has 4 aromatic rings. The van der Waals surface area contributed by atoms with Crippen LogP contribution >= 0.6 is 0 Å². The number of nitrogens with one attached hydrogen (secondary N) is 2. The van der Waals surface area contributed by atoms with Crippen LogP contribution in [-0.4, -0.2) is 31.6 Å². The van der Waals surface area contributed by atoms with Gasteiger partial charge in [-0.15, -0.1) is 0 Å². The maximum Gasteiger partial charge on any atom is 0.270 e. The second-order valence-corrected chi connectivity index (χ2v) is 22.7. The number of unbranched alkanes of at least 4 members (excludes halogenated alkanes) is 39. The number of rotatable bonds is 50. The van der Waals surface area contributed by atoms with Crippen LogP contribution in [0.2, 0.25) is 0 Å². The highest BCUT2D eigenvalue weighted by Gasteiger charge is 2.21. The predicted molar refractivity (Wildman–Crippen MR) is 330 cm³/mol. The van der Waals surface area contributed by atoms with Crippen molar-refractivity contribution in [3.05, 3.63) is 77.9 Å². The van der Waals surface area contributed by atoms with Gasteiger partial charge in [0.1, 0.15) is 0 Å². The van der Waals surface area contributed by atoms with Gasteiger partial charge in [0.25, 0.3) is 11.8 Å². The van der Waals surface area contributed by atoms with Gasteiger partial charge in [-0.1, -0.05) is 320 Å². The van der Waals surface area contributed by atoms with Crippen LogP contribution in [0.15, 0.2) is 66.7 Å². The average molecular weight is 1060 g/mol. The predicted octanol–water partition coefficient (Wildman–Crippen LogP) is 21.6. The Balaban J connectivity index is 1.37. The minimum atomic E-state index is -0.441. The van der Waals surface area contributed by atoms with E-state index in [2.05, 4.69) is 37.7 Å². The van der Waals surface area contributed by atoms with Crippen LogP contribution < -0.4 is 25.1 Å². The van der Waals surface area contributed by atoms with Gasteiger partial charge >= 0.3 is 0 Å². The van der Waals surface area contributed by atoms with Crippen LogP contribution in [0.1, 0.15) is 311 Å². The lowest BCUT2D eigenvalue weighted by Gasteiger charge is -2.19. The summed E-state index contributed by atoms with van der Waals surface area (Å²) in [6, 6.07) is 21.4. The summed E-state index contributed by atoms with van der Waals surface area (Å²) in [6.45, 7) is 8.48. The van der Waals surface area contributed by atoms with E-state index in [9.17, 15) is 9.59 Å². The van der Waals surface area contributed by atoms with Gasteiger partial charge < -0.3 is 14.2 Å². The fourth-order valence-corrected chi connectivity index (χ4v) is 11.0. The Kier molecular flexibility index (Phi) is 37.8. The van der Waals surface area contributed by atoms with Crippen molar-refractivity contribution >= 4 is 33.4 Å². The first kappa shape index (κ1) is 65.3. The van der Waals surface area contributed by atoms with E-state index in [1.807, 2.05) is 48.5 Å². The lowest BCUT2D eigenvalue weighted by molar-refractivity contribution is 0.0848. The molecule has 77 heavy (non-hydrogen) atoms. The Hall–Kier alpha value is -4.26. The number of hydrogen-bond donors (Lipinski definition) is 2. The molecule has 4 rings (SSSR count). The molecule has 0 spiro atoms. The SMILES string of the molecule is CCCCCCCCCCCCCCCCOc1cc(C(=O)NNC(=O)c2c3ccccc3cc3ccccc23)cc(OCCCCCCCCCCCCCCCC)c1OCCCCCCCCCCCCCCCC. The maximum absolute atomic E-state index is 14.2. The monoisotopic (exact) mass is 1060 g/mol. The van der Waals surface area contributed by atoms with Crippen LogP contribution in [-0.2, 0) is 0 Å². The van der Waals surface area contributed by atoms with Crippen LogP contribution in [0.5, 0.6) is 17.2 Å². The highest BCUT2D eigenvalue weighted by atomic mass is 16.5. The van der Waals surface area contributed by atoms with Gasteiger partial charge in [0.05, 0.1) is 25.4 Å². The number of amides is 2. The minimum absolute atomic E-state index is 0.351. The molecule has 7 heteroatoms. The van der Waals surface area contributed by atoms with Gasteiger partial charge in [-0.25, -0.2) is 0 Å². The van der Waals surface area contributed by atoms with Crippen LogP contribution in [0.4, 0.5) is 0 Å². The molecule has 2 amide bonds. The zero-order chi connectivity index (χ0) is 54.5. The van der Waals surface area contributed by atoms with E-state index >= 15 is 0 Å². The Morgan fingerprint density at radius 1 is 0.325 bits per heavy atom. The van der Waals surface area contributed by atoms with Crippen molar-refractivity contribution in [3.8, 4) is 17.2 Å². The summed E-state index contributed by atoms with van der Waals surface area (Å²) in [5.41, 5.74) is 6.40. The van der Waals surface area contributed by atoms with Crippen molar-refractivity contribution in [2.24, 2.45) is 0 Å². The van der Waals surface area contributed by atoms with E-state index in [1.54, 1.807) is 12.1 Å². The third-order valence-corrected chi connectivity index (χ3v) is 15.8. The minimum Gasteiger partial charge on any atom is -0.490 e. The molecule has 4 aromatic carbocycles. The molecule has 0 fully saturated rings. The second kappa shape index (κ2) is 44.6. The molecule has 0 heterocycles. The fourth-order valence-electron chi connectivity index (χ4n) is 11.0. The molecule has 0 aliphatic rings. The molecule has 0 unspecified atom stereocenters. The summed E-state index contributed by atoms with van der Waals surface area (Å²) in [4.78, 5) is 28.2. The van der Waals surface area contributed by atoms with Gasteiger partial charge in [0.2, 0.25) is 5.75 Å². The quantitative estimate of drug-likeness (QED) is 0.0261. The molecule has 0 aliphatic carbocycles. The summed E-state index contributed by atoms with van der Waals surface area (Å²) < 4.78 is 19.8. The molecule has 432 valence electrons. The Bertz CT molecular complexity index is 1990. The number of hydrazine groups is 1. The van der Waals surface area contributed by atoms with Crippen molar-refractivity contribution in [2.75, 3.05) is 19.8 Å². The van der Waals surface area contributed by atoms with Gasteiger partial charge in [-0.2, -0.15) is 0 Å². The number of benzene rings is 4. The normalized spacial score (nSPS) is 11.4. The molecular weight excluding hydrogens is 949 g/mol. The standard InChI is InChI=1S/C70H112N2O5/c1-4-7-10-13-16-19-22-25-28-31-34-37-40-47-54-75-65-58-62(69(73)71-72-70(74)67-63-52-45-43-50-60(63)57-61-51-44-46-53-64(61)67)59-66(76-55-48-41-38-35-32-29-26-23-20-17-14-11-8-5-2)68(65)77-56-49-42-39-36-33-30-27-24-21-18-15-12-9-6-3/h43-46,50-53,57-59H,4-42,47-49,54-56H2,1-3H3,(H,71,73)(H,72,74). The Morgan fingerprint density at radius 3 is 0.922 bits per heavy atom. The van der Waals surface area contributed by atoms with Gasteiger partial charge in [-0.05, 0) is 59.0 Å². The van der Waals surface area contributed by atoms with E-state index in [1.165, 1.54) is 231 Å². The van der Waals surface area contributed by atoms with Gasteiger partial charge in [-0.3, -0.25) is 20.4 Å². The Labute approximate surface area is 471 Å². The fraction of sp³-hybridized carbons (Fsp3) is 0.686. The number of ether oxygens (including phenoxy) is 3. The van der Waals surface area contributed by atoms with Gasteiger partial charge in [0, 0.05) is 5.56 Å². The summed E-state index contributed by atoms with van der Waals surface area (Å²) >= 11 is 0. The lowest BCUT2D eigenvalue weighted by Crippen LogP contribution is -2.41. The van der Waals surface area contributed by atoms with Crippen molar-refractivity contribution in [1.29, 1.82) is 0 Å². The first-order valence-electron chi connectivity index (χ1n) is 32.6. The van der Waals surface area contributed by atoms with E-state index in [4.69, 9.17) is 14.2 Å². The number of fused-ring (bicyclic) bond motifs is 2. The van der Waals surface area contributed by atoms with Crippen molar-refractivity contribution < 1.29 is 23.8 Å². The van der Waals surface area contributed by atoms with E-state index in [0.29, 0.717) is 48.2 Å². The zero-order valence-electron chi connectivity index (χ0n) is 49.7. The Morgan fingerprint density at radius 2 is 0.597 bits per heavy atom. The molecule has 2 N–H and O–H groups in total. The number of carbonyl (C=O) groups excluding carboxylic acids is 2. The molecule has 0 radical (unpaired) electrons. The van der Waals surface area contributed by atoms with E-state index < -0.39 is 5.91 Å². The maximum atomic E-state index is 14.2.